The second-order valence-electron chi connectivity index (χ2n) is 4.36. The third-order valence-electron chi connectivity index (χ3n) is 2.98. The summed E-state index contributed by atoms with van der Waals surface area (Å²) in [5.74, 6) is 2.61. The van der Waals surface area contributed by atoms with Crippen molar-refractivity contribution in [1.29, 1.82) is 0 Å². The van der Waals surface area contributed by atoms with Gasteiger partial charge >= 0.3 is 5.97 Å². The fourth-order valence-corrected chi connectivity index (χ4v) is 2.33. The average molecular weight is 300 g/mol. The number of rotatable bonds is 9. The van der Waals surface area contributed by atoms with Crippen molar-refractivity contribution < 1.29 is 14.3 Å². The normalized spacial score (nSPS) is 12.3. The fraction of sp³-hybridized carbons (Fsp3) is 0.714. The van der Waals surface area contributed by atoms with Gasteiger partial charge in [0.15, 0.2) is 0 Å². The molecule has 1 amide bonds. The van der Waals surface area contributed by atoms with Gasteiger partial charge in [0.1, 0.15) is 11.6 Å². The Kier molecular flexibility index (Phi) is 9.10. The standard InChI is InChI=1S/C14H24N2O3S/c1-5-14(6-2,7-3)16-12(17)10-20-9-11(15)13(18)19-8-4/h1,11H,6-10,15H2,2-4H3,(H,16,17). The number of nitrogens with one attached hydrogen (secondary N) is 1. The molecule has 0 rings (SSSR count). The summed E-state index contributed by atoms with van der Waals surface area (Å²) in [6.45, 7) is 5.90. The molecule has 20 heavy (non-hydrogen) atoms. The van der Waals surface area contributed by atoms with Crippen molar-refractivity contribution in [2.24, 2.45) is 5.73 Å². The zero-order valence-electron chi connectivity index (χ0n) is 12.4. The minimum absolute atomic E-state index is 0.146. The molecule has 0 aromatic carbocycles. The summed E-state index contributed by atoms with van der Waals surface area (Å²) in [5, 5.41) is 2.85. The van der Waals surface area contributed by atoms with Crippen LogP contribution in [0.25, 0.3) is 0 Å². The lowest BCUT2D eigenvalue weighted by molar-refractivity contribution is -0.144. The monoisotopic (exact) mass is 300 g/mol. The average Bonchev–Trinajstić information content (AvgIpc) is 2.45. The van der Waals surface area contributed by atoms with Crippen LogP contribution in [-0.4, -0.2) is 41.6 Å². The van der Waals surface area contributed by atoms with E-state index in [1.165, 1.54) is 11.8 Å². The fourth-order valence-electron chi connectivity index (χ4n) is 1.57. The van der Waals surface area contributed by atoms with Crippen LogP contribution in [0, 0.1) is 12.3 Å². The predicted octanol–water partition coefficient (Wildman–Crippen LogP) is 0.918. The van der Waals surface area contributed by atoms with Crippen molar-refractivity contribution in [2.45, 2.75) is 45.2 Å². The van der Waals surface area contributed by atoms with Crippen molar-refractivity contribution in [1.82, 2.24) is 5.32 Å². The van der Waals surface area contributed by atoms with Gasteiger partial charge in [0.05, 0.1) is 12.4 Å². The summed E-state index contributed by atoms with van der Waals surface area (Å²) in [4.78, 5) is 23.1. The van der Waals surface area contributed by atoms with Crippen molar-refractivity contribution in [3.05, 3.63) is 0 Å². The lowest BCUT2D eigenvalue weighted by Crippen LogP contribution is -2.47. The molecule has 0 fully saturated rings. The molecule has 0 aliphatic rings. The van der Waals surface area contributed by atoms with E-state index in [1.807, 2.05) is 13.8 Å². The maximum atomic E-state index is 11.8. The molecule has 0 radical (unpaired) electrons. The van der Waals surface area contributed by atoms with Gasteiger partial charge in [-0.05, 0) is 19.8 Å². The van der Waals surface area contributed by atoms with E-state index in [9.17, 15) is 9.59 Å². The Morgan fingerprint density at radius 2 is 2.00 bits per heavy atom. The molecule has 1 atom stereocenters. The van der Waals surface area contributed by atoms with Gasteiger partial charge in [0.2, 0.25) is 5.91 Å². The largest absolute Gasteiger partial charge is 0.465 e. The third-order valence-corrected chi connectivity index (χ3v) is 4.04. The van der Waals surface area contributed by atoms with Crippen LogP contribution in [0.15, 0.2) is 0 Å². The molecule has 3 N–H and O–H groups in total. The number of amides is 1. The zero-order valence-corrected chi connectivity index (χ0v) is 13.2. The van der Waals surface area contributed by atoms with E-state index < -0.39 is 17.6 Å². The molecule has 0 aromatic rings. The Hall–Kier alpha value is -1.19. The molecule has 0 saturated carbocycles. The van der Waals surface area contributed by atoms with Crippen LogP contribution in [0.3, 0.4) is 0 Å². The first-order chi connectivity index (χ1) is 9.44. The van der Waals surface area contributed by atoms with Gasteiger partial charge in [-0.15, -0.1) is 18.2 Å². The first kappa shape index (κ1) is 18.8. The number of thioether (sulfide) groups is 1. The van der Waals surface area contributed by atoms with Gasteiger partial charge < -0.3 is 15.8 Å². The number of hydrogen-bond donors (Lipinski definition) is 2. The second-order valence-corrected chi connectivity index (χ2v) is 5.39. The van der Waals surface area contributed by atoms with Gasteiger partial charge in [-0.1, -0.05) is 19.8 Å². The number of ether oxygens (including phenoxy) is 1. The smallest absolute Gasteiger partial charge is 0.323 e. The van der Waals surface area contributed by atoms with Gasteiger partial charge in [0, 0.05) is 5.75 Å². The van der Waals surface area contributed by atoms with Crippen molar-refractivity contribution in [3.63, 3.8) is 0 Å². The summed E-state index contributed by atoms with van der Waals surface area (Å²) in [7, 11) is 0. The van der Waals surface area contributed by atoms with Gasteiger partial charge in [-0.3, -0.25) is 9.59 Å². The quantitative estimate of drug-likeness (QED) is 0.489. The number of nitrogens with two attached hydrogens (primary N) is 1. The van der Waals surface area contributed by atoms with Crippen molar-refractivity contribution >= 4 is 23.6 Å². The van der Waals surface area contributed by atoms with E-state index in [1.54, 1.807) is 6.92 Å². The highest BCUT2D eigenvalue weighted by Gasteiger charge is 2.25. The van der Waals surface area contributed by atoms with Crippen LogP contribution in [0.4, 0.5) is 0 Å². The number of carbonyl (C=O) groups is 2. The lowest BCUT2D eigenvalue weighted by atomic mass is 9.94. The summed E-state index contributed by atoms with van der Waals surface area (Å²) in [5.41, 5.74) is 5.05. The van der Waals surface area contributed by atoms with Crippen molar-refractivity contribution in [2.75, 3.05) is 18.1 Å². The van der Waals surface area contributed by atoms with E-state index in [0.717, 1.165) is 0 Å². The van der Waals surface area contributed by atoms with Crippen molar-refractivity contribution in [3.8, 4) is 12.3 Å². The maximum absolute atomic E-state index is 11.8. The molecule has 0 aromatic heterocycles. The molecule has 1 unspecified atom stereocenters. The van der Waals surface area contributed by atoms with E-state index in [2.05, 4.69) is 11.2 Å². The molecule has 0 saturated heterocycles. The molecule has 114 valence electrons. The molecule has 0 spiro atoms. The molecular formula is C14H24N2O3S. The Bertz CT molecular complexity index is 362. The first-order valence-corrected chi connectivity index (χ1v) is 7.88. The number of terminal acetylenes is 1. The highest BCUT2D eigenvalue weighted by molar-refractivity contribution is 8.00. The number of carbonyl (C=O) groups excluding carboxylic acids is 2. The highest BCUT2D eigenvalue weighted by Crippen LogP contribution is 2.14. The highest BCUT2D eigenvalue weighted by atomic mass is 32.2. The van der Waals surface area contributed by atoms with Gasteiger partial charge in [-0.2, -0.15) is 0 Å². The van der Waals surface area contributed by atoms with Crippen LogP contribution >= 0.6 is 11.8 Å². The maximum Gasteiger partial charge on any atom is 0.323 e. The topological polar surface area (TPSA) is 81.4 Å². The Labute approximate surface area is 125 Å². The summed E-state index contributed by atoms with van der Waals surface area (Å²) in [6.07, 6.45) is 6.83. The Morgan fingerprint density at radius 3 is 2.45 bits per heavy atom. The second kappa shape index (κ2) is 9.67. The molecule has 0 bridgehead atoms. The van der Waals surface area contributed by atoms with Crippen LogP contribution in [0.2, 0.25) is 0 Å². The lowest BCUT2D eigenvalue weighted by Gasteiger charge is -2.27. The minimum atomic E-state index is -0.706. The summed E-state index contributed by atoms with van der Waals surface area (Å²) in [6, 6.07) is -0.706. The Morgan fingerprint density at radius 1 is 1.40 bits per heavy atom. The van der Waals surface area contributed by atoms with Crippen LogP contribution in [-0.2, 0) is 14.3 Å². The molecule has 0 aliphatic carbocycles. The van der Waals surface area contributed by atoms with E-state index >= 15 is 0 Å². The molecule has 6 heteroatoms. The predicted molar refractivity (Wildman–Crippen MR) is 82.2 cm³/mol. The van der Waals surface area contributed by atoms with E-state index in [4.69, 9.17) is 16.9 Å². The van der Waals surface area contributed by atoms with Gasteiger partial charge in [-0.25, -0.2) is 0 Å². The van der Waals surface area contributed by atoms with Crippen LogP contribution in [0.1, 0.15) is 33.6 Å². The first-order valence-electron chi connectivity index (χ1n) is 6.73. The van der Waals surface area contributed by atoms with Gasteiger partial charge in [0.25, 0.3) is 0 Å². The molecular weight excluding hydrogens is 276 g/mol. The van der Waals surface area contributed by atoms with E-state index in [0.29, 0.717) is 25.2 Å². The SMILES string of the molecule is C#CC(CC)(CC)NC(=O)CSCC(N)C(=O)OCC. The van der Waals surface area contributed by atoms with Crippen LogP contribution < -0.4 is 11.1 Å². The summed E-state index contributed by atoms with van der Waals surface area (Å²) < 4.78 is 4.79. The molecule has 0 aliphatic heterocycles. The Balaban J connectivity index is 4.12. The summed E-state index contributed by atoms with van der Waals surface area (Å²) >= 11 is 1.29. The third kappa shape index (κ3) is 6.31. The van der Waals surface area contributed by atoms with E-state index in [-0.39, 0.29) is 11.7 Å². The number of hydrogen-bond acceptors (Lipinski definition) is 5. The minimum Gasteiger partial charge on any atom is -0.465 e. The van der Waals surface area contributed by atoms with Crippen LogP contribution in [0.5, 0.6) is 0 Å². The zero-order chi connectivity index (χ0) is 15.6. The molecule has 0 heterocycles. The molecule has 5 nitrogen and oxygen atoms in total. The number of esters is 1.